The predicted molar refractivity (Wildman–Crippen MR) is 69.6 cm³/mol. The van der Waals surface area contributed by atoms with Crippen molar-refractivity contribution in [3.05, 3.63) is 24.3 Å². The average molecular weight is 260 g/mol. The molecule has 5 N–H and O–H groups in total. The SMILES string of the molecule is CC(=O)Nc1n[nH]c(N)c1N=Nc1ccc(O)cc1. The Kier molecular flexibility index (Phi) is 3.42. The molecule has 0 aliphatic rings. The number of aromatic amines is 1. The highest BCUT2D eigenvalue weighted by Crippen LogP contribution is 2.30. The highest BCUT2D eigenvalue weighted by Gasteiger charge is 2.11. The van der Waals surface area contributed by atoms with E-state index < -0.39 is 0 Å². The van der Waals surface area contributed by atoms with Crippen LogP contribution >= 0.6 is 0 Å². The van der Waals surface area contributed by atoms with Crippen LogP contribution in [0.25, 0.3) is 0 Å². The van der Waals surface area contributed by atoms with Gasteiger partial charge in [0.2, 0.25) is 5.91 Å². The lowest BCUT2D eigenvalue weighted by atomic mass is 10.3. The number of hydrogen-bond acceptors (Lipinski definition) is 6. The Morgan fingerprint density at radius 2 is 2.05 bits per heavy atom. The number of azo groups is 1. The minimum Gasteiger partial charge on any atom is -0.508 e. The van der Waals surface area contributed by atoms with Gasteiger partial charge in [-0.2, -0.15) is 10.2 Å². The third kappa shape index (κ3) is 3.06. The molecule has 1 aromatic carbocycles. The van der Waals surface area contributed by atoms with Crippen LogP contribution in [0.3, 0.4) is 0 Å². The monoisotopic (exact) mass is 260 g/mol. The molecule has 0 atom stereocenters. The lowest BCUT2D eigenvalue weighted by molar-refractivity contribution is -0.114. The molecule has 8 heteroatoms. The van der Waals surface area contributed by atoms with Crippen molar-refractivity contribution in [3.8, 4) is 5.75 Å². The van der Waals surface area contributed by atoms with Crippen LogP contribution in [0.4, 0.5) is 23.0 Å². The van der Waals surface area contributed by atoms with Crippen molar-refractivity contribution < 1.29 is 9.90 Å². The fraction of sp³-hybridized carbons (Fsp3) is 0.0909. The highest BCUT2D eigenvalue weighted by atomic mass is 16.3. The molecule has 0 saturated carbocycles. The molecule has 0 aliphatic heterocycles. The van der Waals surface area contributed by atoms with Crippen LogP contribution in [0, 0.1) is 0 Å². The summed E-state index contributed by atoms with van der Waals surface area (Å²) in [4.78, 5) is 11.0. The van der Waals surface area contributed by atoms with Gasteiger partial charge in [0.05, 0.1) is 5.69 Å². The highest BCUT2D eigenvalue weighted by molar-refractivity contribution is 5.92. The number of nitrogens with one attached hydrogen (secondary N) is 2. The number of H-pyrrole nitrogens is 1. The van der Waals surface area contributed by atoms with Crippen molar-refractivity contribution in [2.75, 3.05) is 11.1 Å². The molecule has 0 radical (unpaired) electrons. The Hall–Kier alpha value is -2.90. The summed E-state index contributed by atoms with van der Waals surface area (Å²) in [5.41, 5.74) is 6.43. The van der Waals surface area contributed by atoms with E-state index >= 15 is 0 Å². The molecule has 0 bridgehead atoms. The van der Waals surface area contributed by atoms with E-state index in [4.69, 9.17) is 10.8 Å². The fourth-order valence-electron chi connectivity index (χ4n) is 1.33. The molecule has 0 unspecified atom stereocenters. The van der Waals surface area contributed by atoms with Crippen LogP contribution < -0.4 is 11.1 Å². The van der Waals surface area contributed by atoms with E-state index in [1.807, 2.05) is 0 Å². The van der Waals surface area contributed by atoms with Gasteiger partial charge in [-0.1, -0.05) is 0 Å². The lowest BCUT2D eigenvalue weighted by Gasteiger charge is -1.97. The summed E-state index contributed by atoms with van der Waals surface area (Å²) in [6, 6.07) is 6.16. The van der Waals surface area contributed by atoms with Crippen molar-refractivity contribution in [2.45, 2.75) is 6.92 Å². The molecule has 2 aromatic rings. The lowest BCUT2D eigenvalue weighted by Crippen LogP contribution is -2.06. The van der Waals surface area contributed by atoms with Crippen LogP contribution in [-0.2, 0) is 4.79 Å². The van der Waals surface area contributed by atoms with Crippen molar-refractivity contribution in [1.29, 1.82) is 0 Å². The van der Waals surface area contributed by atoms with Crippen molar-refractivity contribution in [3.63, 3.8) is 0 Å². The summed E-state index contributed by atoms with van der Waals surface area (Å²) in [5, 5.41) is 25.8. The van der Waals surface area contributed by atoms with E-state index in [-0.39, 0.29) is 29.0 Å². The molecule has 1 aromatic heterocycles. The maximum absolute atomic E-state index is 11.0. The average Bonchev–Trinajstić information content (AvgIpc) is 2.69. The summed E-state index contributed by atoms with van der Waals surface area (Å²) in [6.07, 6.45) is 0. The zero-order valence-electron chi connectivity index (χ0n) is 10.1. The van der Waals surface area contributed by atoms with Crippen molar-refractivity contribution >= 4 is 28.9 Å². The number of anilines is 2. The number of hydrogen-bond donors (Lipinski definition) is 4. The predicted octanol–water partition coefficient (Wildman–Crippen LogP) is 2.07. The Bertz CT molecular complexity index is 617. The van der Waals surface area contributed by atoms with E-state index in [2.05, 4.69) is 25.7 Å². The molecular formula is C11H12N6O2. The second kappa shape index (κ2) is 5.17. The van der Waals surface area contributed by atoms with Crippen LogP contribution in [0.2, 0.25) is 0 Å². The van der Waals surface area contributed by atoms with Crippen LogP contribution in [0.5, 0.6) is 5.75 Å². The molecular weight excluding hydrogens is 248 g/mol. The molecule has 1 heterocycles. The molecule has 8 nitrogen and oxygen atoms in total. The van der Waals surface area contributed by atoms with E-state index in [0.717, 1.165) is 0 Å². The zero-order chi connectivity index (χ0) is 13.8. The van der Waals surface area contributed by atoms with Crippen molar-refractivity contribution in [2.24, 2.45) is 10.2 Å². The van der Waals surface area contributed by atoms with Gasteiger partial charge in [0, 0.05) is 6.92 Å². The first-order valence-corrected chi connectivity index (χ1v) is 5.38. The normalized spacial score (nSPS) is 10.8. The van der Waals surface area contributed by atoms with E-state index in [0.29, 0.717) is 5.69 Å². The van der Waals surface area contributed by atoms with Crippen LogP contribution in [0.15, 0.2) is 34.5 Å². The first kappa shape index (κ1) is 12.6. The third-order valence-corrected chi connectivity index (χ3v) is 2.18. The summed E-state index contributed by atoms with van der Waals surface area (Å²) in [6.45, 7) is 1.35. The largest absolute Gasteiger partial charge is 0.508 e. The minimum atomic E-state index is -0.285. The van der Waals surface area contributed by atoms with Gasteiger partial charge in [0.25, 0.3) is 0 Å². The van der Waals surface area contributed by atoms with Gasteiger partial charge in [0.1, 0.15) is 11.6 Å². The van der Waals surface area contributed by atoms with Gasteiger partial charge in [-0.25, -0.2) is 0 Å². The Morgan fingerprint density at radius 3 is 2.68 bits per heavy atom. The van der Waals surface area contributed by atoms with Crippen LogP contribution in [-0.4, -0.2) is 21.2 Å². The molecule has 0 fully saturated rings. The number of rotatable bonds is 3. The van der Waals surface area contributed by atoms with E-state index in [9.17, 15) is 4.79 Å². The molecule has 0 aliphatic carbocycles. The molecule has 0 saturated heterocycles. The number of carbonyl (C=O) groups is 1. The summed E-state index contributed by atoms with van der Waals surface area (Å²) < 4.78 is 0. The minimum absolute atomic E-state index is 0.140. The number of aromatic nitrogens is 2. The van der Waals surface area contributed by atoms with Gasteiger partial charge in [-0.15, -0.1) is 5.11 Å². The fourth-order valence-corrected chi connectivity index (χ4v) is 1.33. The first-order chi connectivity index (χ1) is 9.06. The van der Waals surface area contributed by atoms with Gasteiger partial charge in [0.15, 0.2) is 11.5 Å². The number of benzene rings is 1. The molecule has 19 heavy (non-hydrogen) atoms. The van der Waals surface area contributed by atoms with Crippen molar-refractivity contribution in [1.82, 2.24) is 10.2 Å². The summed E-state index contributed by atoms with van der Waals surface area (Å²) in [5.74, 6) is 0.270. The van der Waals surface area contributed by atoms with Gasteiger partial charge in [-0.3, -0.25) is 9.89 Å². The smallest absolute Gasteiger partial charge is 0.222 e. The van der Waals surface area contributed by atoms with Gasteiger partial charge in [-0.05, 0) is 24.3 Å². The third-order valence-electron chi connectivity index (χ3n) is 2.18. The van der Waals surface area contributed by atoms with Gasteiger partial charge < -0.3 is 16.2 Å². The number of nitrogen functional groups attached to an aromatic ring is 1. The number of carbonyl (C=O) groups excluding carboxylic acids is 1. The Balaban J connectivity index is 2.25. The Morgan fingerprint density at radius 1 is 1.37 bits per heavy atom. The second-order valence-corrected chi connectivity index (χ2v) is 3.73. The molecule has 0 spiro atoms. The summed E-state index contributed by atoms with van der Waals surface area (Å²) in [7, 11) is 0. The summed E-state index contributed by atoms with van der Waals surface area (Å²) >= 11 is 0. The molecule has 1 amide bonds. The number of phenolic OH excluding ortho intramolecular Hbond substituents is 1. The maximum atomic E-state index is 11.0. The number of nitrogens with zero attached hydrogens (tertiary/aromatic N) is 3. The standard InChI is InChI=1S/C11H12N6O2/c1-6(18)13-11-9(10(12)16-17-11)15-14-7-2-4-8(19)5-3-7/h2-5,19H,1H3,(H4,12,13,16,17,18). The molecule has 2 rings (SSSR count). The quantitative estimate of drug-likeness (QED) is 0.629. The Labute approximate surface area is 108 Å². The first-order valence-electron chi connectivity index (χ1n) is 5.38. The molecule has 98 valence electrons. The zero-order valence-corrected chi connectivity index (χ0v) is 10.1. The number of aromatic hydroxyl groups is 1. The van der Waals surface area contributed by atoms with Gasteiger partial charge >= 0.3 is 0 Å². The number of amides is 1. The topological polar surface area (TPSA) is 129 Å². The van der Waals surface area contributed by atoms with E-state index in [1.54, 1.807) is 12.1 Å². The van der Waals surface area contributed by atoms with E-state index in [1.165, 1.54) is 19.1 Å². The number of phenols is 1. The maximum Gasteiger partial charge on any atom is 0.222 e. The number of nitrogens with two attached hydrogens (primary N) is 1. The van der Waals surface area contributed by atoms with Crippen LogP contribution in [0.1, 0.15) is 6.92 Å². The second-order valence-electron chi connectivity index (χ2n) is 3.73.